The maximum Gasteiger partial charge on any atom is 0.220 e. The van der Waals surface area contributed by atoms with Gasteiger partial charge in [-0.2, -0.15) is 0 Å². The van der Waals surface area contributed by atoms with Gasteiger partial charge in [0.25, 0.3) is 0 Å². The highest BCUT2D eigenvalue weighted by Gasteiger charge is 2.34. The molecule has 2 aliphatic rings. The zero-order valence-corrected chi connectivity index (χ0v) is 14.6. The van der Waals surface area contributed by atoms with E-state index in [0.717, 1.165) is 12.8 Å². The predicted octanol–water partition coefficient (Wildman–Crippen LogP) is 3.80. The molecule has 0 aliphatic carbocycles. The van der Waals surface area contributed by atoms with Gasteiger partial charge in [0.1, 0.15) is 0 Å². The van der Waals surface area contributed by atoms with Gasteiger partial charge in [-0.05, 0) is 47.9 Å². The Morgan fingerprint density at radius 2 is 1.75 bits per heavy atom. The lowest BCUT2D eigenvalue weighted by molar-refractivity contribution is -0.122. The second-order valence-corrected chi connectivity index (χ2v) is 7.09. The number of carbonyl (C=O) groups excluding carboxylic acids is 1. The Kier molecular flexibility index (Phi) is 5.42. The molecule has 24 heavy (non-hydrogen) atoms. The first-order valence-corrected chi connectivity index (χ1v) is 8.77. The molecule has 128 valence electrons. The smallest absolute Gasteiger partial charge is 0.220 e. The van der Waals surface area contributed by atoms with Crippen LogP contribution in [0.2, 0.25) is 0 Å². The zero-order valence-electron chi connectivity index (χ0n) is 13.8. The van der Waals surface area contributed by atoms with E-state index < -0.39 is 0 Å². The molecule has 2 N–H and O–H groups in total. The Labute approximate surface area is 149 Å². The van der Waals surface area contributed by atoms with Crippen molar-refractivity contribution in [3.63, 3.8) is 0 Å². The molecule has 2 bridgehead atoms. The molecule has 3 nitrogen and oxygen atoms in total. The van der Waals surface area contributed by atoms with Crippen LogP contribution in [-0.2, 0) is 11.3 Å². The van der Waals surface area contributed by atoms with Crippen molar-refractivity contribution in [1.82, 2.24) is 10.6 Å². The molecule has 2 saturated heterocycles. The van der Waals surface area contributed by atoms with Gasteiger partial charge < -0.3 is 10.6 Å². The van der Waals surface area contributed by atoms with Gasteiger partial charge in [0.05, 0.1) is 0 Å². The molecule has 2 aliphatic heterocycles. The quantitative estimate of drug-likeness (QED) is 0.885. The molecule has 2 unspecified atom stereocenters. The summed E-state index contributed by atoms with van der Waals surface area (Å²) in [6.45, 7) is 0.623. The van der Waals surface area contributed by atoms with Crippen molar-refractivity contribution in [3.8, 4) is 0 Å². The molecule has 0 spiro atoms. The summed E-state index contributed by atoms with van der Waals surface area (Å²) in [6.07, 6.45) is 5.59. The Bertz CT molecular complexity index is 700. The molecule has 0 radical (unpaired) electrons. The van der Waals surface area contributed by atoms with Crippen LogP contribution in [0, 0.1) is 5.92 Å². The van der Waals surface area contributed by atoms with Crippen molar-refractivity contribution >= 4 is 29.1 Å². The van der Waals surface area contributed by atoms with Gasteiger partial charge in [-0.1, -0.05) is 42.5 Å². The van der Waals surface area contributed by atoms with Crippen LogP contribution in [0.3, 0.4) is 0 Å². The normalized spacial score (nSPS) is 25.2. The highest BCUT2D eigenvalue weighted by molar-refractivity contribution is 5.86. The summed E-state index contributed by atoms with van der Waals surface area (Å²) >= 11 is 0. The van der Waals surface area contributed by atoms with Crippen LogP contribution in [-0.4, -0.2) is 18.0 Å². The van der Waals surface area contributed by atoms with E-state index >= 15 is 0 Å². The van der Waals surface area contributed by atoms with E-state index in [4.69, 9.17) is 0 Å². The number of rotatable bonds is 4. The fraction of sp³-hybridized carbons (Fsp3) is 0.450. The van der Waals surface area contributed by atoms with Crippen LogP contribution in [0.4, 0.5) is 0 Å². The topological polar surface area (TPSA) is 41.1 Å². The van der Waals surface area contributed by atoms with E-state index in [2.05, 4.69) is 53.1 Å². The molecule has 1 amide bonds. The van der Waals surface area contributed by atoms with Gasteiger partial charge in [0.2, 0.25) is 5.91 Å². The highest BCUT2D eigenvalue weighted by Crippen LogP contribution is 2.32. The van der Waals surface area contributed by atoms with E-state index in [-0.39, 0.29) is 18.3 Å². The molecule has 4 rings (SSSR count). The molecule has 0 saturated carbocycles. The van der Waals surface area contributed by atoms with Crippen molar-refractivity contribution in [2.45, 2.75) is 50.7 Å². The van der Waals surface area contributed by atoms with Crippen molar-refractivity contribution in [3.05, 3.63) is 48.0 Å². The zero-order chi connectivity index (χ0) is 15.6. The fourth-order valence-electron chi connectivity index (χ4n) is 4.32. The lowest BCUT2D eigenvalue weighted by Gasteiger charge is -2.28. The number of amides is 1. The van der Waals surface area contributed by atoms with Crippen LogP contribution >= 0.6 is 12.4 Å². The minimum atomic E-state index is 0. The fourth-order valence-corrected chi connectivity index (χ4v) is 4.32. The van der Waals surface area contributed by atoms with Gasteiger partial charge >= 0.3 is 0 Å². The molecular formula is C20H25ClN2O. The summed E-state index contributed by atoms with van der Waals surface area (Å²) in [6, 6.07) is 15.9. The van der Waals surface area contributed by atoms with Gasteiger partial charge in [-0.3, -0.25) is 4.79 Å². The van der Waals surface area contributed by atoms with E-state index in [1.165, 1.54) is 29.2 Å². The first-order valence-electron chi connectivity index (χ1n) is 8.77. The summed E-state index contributed by atoms with van der Waals surface area (Å²) in [5.74, 6) is 0.755. The number of carbonyl (C=O) groups is 1. The van der Waals surface area contributed by atoms with Gasteiger partial charge in [-0.25, -0.2) is 0 Å². The Morgan fingerprint density at radius 1 is 1.04 bits per heavy atom. The van der Waals surface area contributed by atoms with Crippen molar-refractivity contribution in [2.24, 2.45) is 5.92 Å². The second-order valence-electron chi connectivity index (χ2n) is 7.09. The van der Waals surface area contributed by atoms with Crippen molar-refractivity contribution in [1.29, 1.82) is 0 Å². The van der Waals surface area contributed by atoms with Crippen LogP contribution in [0.5, 0.6) is 0 Å². The first-order chi connectivity index (χ1) is 11.3. The number of hydrogen-bond acceptors (Lipinski definition) is 2. The standard InChI is InChI=1S/C20H24N2O.ClH/c23-20(12-14-10-17-8-9-18(11-14)22-17)21-13-16-6-3-5-15-4-1-2-7-19(15)16;/h1-7,14,17-18,22H,8-13H2,(H,21,23);1H. The number of fused-ring (bicyclic) bond motifs is 3. The van der Waals surface area contributed by atoms with Gasteiger partial charge in [0, 0.05) is 25.0 Å². The number of halogens is 1. The number of benzene rings is 2. The lowest BCUT2D eigenvalue weighted by Crippen LogP contribution is -2.39. The predicted molar refractivity (Wildman–Crippen MR) is 100 cm³/mol. The van der Waals surface area contributed by atoms with Crippen molar-refractivity contribution < 1.29 is 4.79 Å². The average molecular weight is 345 g/mol. The van der Waals surface area contributed by atoms with Crippen LogP contribution < -0.4 is 10.6 Å². The molecule has 2 aromatic rings. The molecule has 2 atom stereocenters. The second kappa shape index (κ2) is 7.54. The molecule has 4 heteroatoms. The van der Waals surface area contributed by atoms with E-state index in [0.29, 0.717) is 31.0 Å². The number of piperidine rings is 1. The lowest BCUT2D eigenvalue weighted by atomic mass is 9.89. The van der Waals surface area contributed by atoms with E-state index in [1.807, 2.05) is 0 Å². The van der Waals surface area contributed by atoms with Crippen LogP contribution in [0.1, 0.15) is 37.7 Å². The summed E-state index contributed by atoms with van der Waals surface area (Å²) < 4.78 is 0. The SMILES string of the molecule is Cl.O=C(CC1CC2CCC(C1)N2)NCc1cccc2ccccc12. The minimum Gasteiger partial charge on any atom is -0.352 e. The summed E-state index contributed by atoms with van der Waals surface area (Å²) in [4.78, 5) is 12.3. The summed E-state index contributed by atoms with van der Waals surface area (Å²) in [5.41, 5.74) is 1.20. The largest absolute Gasteiger partial charge is 0.352 e. The number of nitrogens with one attached hydrogen (secondary N) is 2. The maximum atomic E-state index is 12.3. The Hall–Kier alpha value is -1.58. The van der Waals surface area contributed by atoms with E-state index in [9.17, 15) is 4.79 Å². The maximum absolute atomic E-state index is 12.3. The summed E-state index contributed by atoms with van der Waals surface area (Å²) in [5, 5.41) is 9.23. The van der Waals surface area contributed by atoms with Gasteiger partial charge in [-0.15, -0.1) is 12.4 Å². The van der Waals surface area contributed by atoms with Crippen molar-refractivity contribution in [2.75, 3.05) is 0 Å². The third-order valence-corrected chi connectivity index (χ3v) is 5.40. The Balaban J connectivity index is 0.00000169. The Morgan fingerprint density at radius 3 is 2.54 bits per heavy atom. The third kappa shape index (κ3) is 3.73. The van der Waals surface area contributed by atoms with Gasteiger partial charge in [0.15, 0.2) is 0 Å². The summed E-state index contributed by atoms with van der Waals surface area (Å²) in [7, 11) is 0. The van der Waals surface area contributed by atoms with E-state index in [1.54, 1.807) is 0 Å². The number of hydrogen-bond donors (Lipinski definition) is 2. The average Bonchev–Trinajstić information content (AvgIpc) is 2.91. The minimum absolute atomic E-state index is 0. The first kappa shape index (κ1) is 17.2. The molecule has 2 fully saturated rings. The molecule has 2 heterocycles. The monoisotopic (exact) mass is 344 g/mol. The highest BCUT2D eigenvalue weighted by atomic mass is 35.5. The van der Waals surface area contributed by atoms with Crippen LogP contribution in [0.15, 0.2) is 42.5 Å². The van der Waals surface area contributed by atoms with Crippen LogP contribution in [0.25, 0.3) is 10.8 Å². The molecule has 0 aromatic heterocycles. The molecular weight excluding hydrogens is 320 g/mol. The molecule has 2 aromatic carbocycles. The third-order valence-electron chi connectivity index (χ3n) is 5.40.